The van der Waals surface area contributed by atoms with Crippen LogP contribution in [0.2, 0.25) is 0 Å². The van der Waals surface area contributed by atoms with E-state index in [4.69, 9.17) is 5.11 Å². The molecule has 0 aromatic heterocycles. The minimum absolute atomic E-state index is 0.642. The number of fused-ring (bicyclic) bond motifs is 1. The van der Waals surface area contributed by atoms with Crippen LogP contribution in [-0.4, -0.2) is 17.6 Å². The van der Waals surface area contributed by atoms with Gasteiger partial charge in [0, 0.05) is 12.2 Å². The fourth-order valence-corrected chi connectivity index (χ4v) is 2.08. The third-order valence-electron chi connectivity index (χ3n) is 3.50. The minimum Gasteiger partial charge on any atom is -0.481 e. The monoisotopic (exact) mass is 233 g/mol. The number of carboxylic acid groups (broad SMARTS) is 1. The van der Waals surface area contributed by atoms with Crippen molar-refractivity contribution < 1.29 is 9.90 Å². The van der Waals surface area contributed by atoms with Gasteiger partial charge in [-0.05, 0) is 50.3 Å². The number of benzene rings is 1. The van der Waals surface area contributed by atoms with E-state index < -0.39 is 11.4 Å². The van der Waals surface area contributed by atoms with Gasteiger partial charge in [0.05, 0.1) is 5.41 Å². The maximum Gasteiger partial charge on any atom is 0.309 e. The second kappa shape index (κ2) is 4.40. The molecule has 1 aromatic carbocycles. The van der Waals surface area contributed by atoms with E-state index in [0.717, 1.165) is 19.4 Å². The zero-order valence-corrected chi connectivity index (χ0v) is 10.4. The summed E-state index contributed by atoms with van der Waals surface area (Å²) >= 11 is 0. The molecule has 0 fully saturated rings. The van der Waals surface area contributed by atoms with E-state index in [1.807, 2.05) is 0 Å². The topological polar surface area (TPSA) is 49.3 Å². The highest BCUT2D eigenvalue weighted by Crippen LogP contribution is 2.27. The van der Waals surface area contributed by atoms with Crippen molar-refractivity contribution in [2.24, 2.45) is 5.41 Å². The molecule has 0 radical (unpaired) electrons. The Bertz CT molecular complexity index is 438. The van der Waals surface area contributed by atoms with Crippen molar-refractivity contribution >= 4 is 11.7 Å². The summed E-state index contributed by atoms with van der Waals surface area (Å²) in [6, 6.07) is 6.40. The highest BCUT2D eigenvalue weighted by Gasteiger charge is 2.26. The molecule has 3 heteroatoms. The zero-order valence-electron chi connectivity index (χ0n) is 10.4. The minimum atomic E-state index is -0.722. The van der Waals surface area contributed by atoms with Gasteiger partial charge in [-0.1, -0.05) is 12.1 Å². The summed E-state index contributed by atoms with van der Waals surface area (Å²) in [4.78, 5) is 11.0. The molecule has 1 heterocycles. The molecule has 0 bridgehead atoms. The summed E-state index contributed by atoms with van der Waals surface area (Å²) in [5.41, 5.74) is 3.18. The van der Waals surface area contributed by atoms with E-state index in [2.05, 4.69) is 23.5 Å². The van der Waals surface area contributed by atoms with Gasteiger partial charge in [-0.15, -0.1) is 0 Å². The summed E-state index contributed by atoms with van der Waals surface area (Å²) in [6.07, 6.45) is 2.58. The number of nitrogens with one attached hydrogen (secondary N) is 1. The van der Waals surface area contributed by atoms with Gasteiger partial charge >= 0.3 is 5.97 Å². The average molecular weight is 233 g/mol. The van der Waals surface area contributed by atoms with Crippen molar-refractivity contribution in [2.45, 2.75) is 33.1 Å². The molecule has 0 aliphatic carbocycles. The van der Waals surface area contributed by atoms with Gasteiger partial charge in [0.2, 0.25) is 0 Å². The number of rotatable bonds is 4. The highest BCUT2D eigenvalue weighted by atomic mass is 16.4. The lowest BCUT2D eigenvalue weighted by Gasteiger charge is -2.18. The molecule has 1 aliphatic heterocycles. The van der Waals surface area contributed by atoms with Gasteiger partial charge in [0.15, 0.2) is 0 Å². The standard InChI is InChI=1S/C14H19NO2/c1-14(2,13(16)17)7-5-10-3-4-12-11(9-10)6-8-15-12/h3-4,9,15H,5-8H2,1-2H3,(H,16,17). The second-order valence-corrected chi connectivity index (χ2v) is 5.36. The molecule has 0 spiro atoms. The van der Waals surface area contributed by atoms with Crippen LogP contribution in [0.5, 0.6) is 0 Å². The van der Waals surface area contributed by atoms with Gasteiger partial charge in [-0.25, -0.2) is 0 Å². The van der Waals surface area contributed by atoms with Gasteiger partial charge in [0.25, 0.3) is 0 Å². The number of carbonyl (C=O) groups is 1. The number of carboxylic acids is 1. The van der Waals surface area contributed by atoms with E-state index in [1.54, 1.807) is 13.8 Å². The molecular formula is C14H19NO2. The Morgan fingerprint density at radius 3 is 2.94 bits per heavy atom. The van der Waals surface area contributed by atoms with E-state index >= 15 is 0 Å². The molecule has 0 saturated carbocycles. The van der Waals surface area contributed by atoms with Crippen molar-refractivity contribution in [3.8, 4) is 0 Å². The maximum atomic E-state index is 11.0. The summed E-state index contributed by atoms with van der Waals surface area (Å²) in [7, 11) is 0. The fourth-order valence-electron chi connectivity index (χ4n) is 2.08. The van der Waals surface area contributed by atoms with Crippen molar-refractivity contribution in [2.75, 3.05) is 11.9 Å². The first kappa shape index (κ1) is 12.0. The average Bonchev–Trinajstić information content (AvgIpc) is 2.73. The molecule has 92 valence electrons. The van der Waals surface area contributed by atoms with Crippen LogP contribution < -0.4 is 5.32 Å². The Hall–Kier alpha value is -1.51. The molecule has 2 N–H and O–H groups in total. The smallest absolute Gasteiger partial charge is 0.309 e. The third kappa shape index (κ3) is 2.60. The number of hydrogen-bond donors (Lipinski definition) is 2. The van der Waals surface area contributed by atoms with Crippen LogP contribution in [0, 0.1) is 5.41 Å². The number of hydrogen-bond acceptors (Lipinski definition) is 2. The van der Waals surface area contributed by atoms with E-state index in [0.29, 0.717) is 6.42 Å². The molecule has 17 heavy (non-hydrogen) atoms. The first-order valence-corrected chi connectivity index (χ1v) is 6.08. The van der Waals surface area contributed by atoms with E-state index in [1.165, 1.54) is 16.8 Å². The normalized spacial score (nSPS) is 14.2. The molecule has 0 amide bonds. The zero-order chi connectivity index (χ0) is 12.5. The van der Waals surface area contributed by atoms with Crippen LogP contribution in [0.15, 0.2) is 18.2 Å². The fraction of sp³-hybridized carbons (Fsp3) is 0.500. The predicted molar refractivity (Wildman–Crippen MR) is 68.4 cm³/mol. The lowest BCUT2D eigenvalue weighted by atomic mass is 9.86. The largest absolute Gasteiger partial charge is 0.481 e. The first-order valence-electron chi connectivity index (χ1n) is 6.08. The van der Waals surface area contributed by atoms with Crippen molar-refractivity contribution in [3.05, 3.63) is 29.3 Å². The van der Waals surface area contributed by atoms with Crippen LogP contribution >= 0.6 is 0 Å². The highest BCUT2D eigenvalue weighted by molar-refractivity contribution is 5.73. The summed E-state index contributed by atoms with van der Waals surface area (Å²) in [5.74, 6) is -0.722. The van der Waals surface area contributed by atoms with E-state index in [-0.39, 0.29) is 0 Å². The van der Waals surface area contributed by atoms with Crippen LogP contribution in [0.1, 0.15) is 31.4 Å². The summed E-state index contributed by atoms with van der Waals surface area (Å²) < 4.78 is 0. The molecule has 1 aliphatic rings. The number of anilines is 1. The number of aliphatic carboxylic acids is 1. The van der Waals surface area contributed by atoms with Gasteiger partial charge in [-0.2, -0.15) is 0 Å². The molecule has 0 atom stereocenters. The van der Waals surface area contributed by atoms with Gasteiger partial charge in [0.1, 0.15) is 0 Å². The number of aryl methyl sites for hydroxylation is 1. The molecular weight excluding hydrogens is 214 g/mol. The Balaban J connectivity index is 2.03. The van der Waals surface area contributed by atoms with Gasteiger partial charge < -0.3 is 10.4 Å². The SMILES string of the molecule is CC(C)(CCc1ccc2c(c1)CCN2)C(=O)O. The Morgan fingerprint density at radius 1 is 1.47 bits per heavy atom. The molecule has 2 rings (SSSR count). The van der Waals surface area contributed by atoms with Crippen LogP contribution in [-0.2, 0) is 17.6 Å². The third-order valence-corrected chi connectivity index (χ3v) is 3.50. The van der Waals surface area contributed by atoms with Crippen molar-refractivity contribution in [1.82, 2.24) is 0 Å². The molecule has 0 saturated heterocycles. The van der Waals surface area contributed by atoms with Crippen LogP contribution in [0.3, 0.4) is 0 Å². The molecule has 3 nitrogen and oxygen atoms in total. The Kier molecular flexibility index (Phi) is 3.09. The molecule has 1 aromatic rings. The quantitative estimate of drug-likeness (QED) is 0.840. The first-order chi connectivity index (χ1) is 7.99. The second-order valence-electron chi connectivity index (χ2n) is 5.36. The lowest BCUT2D eigenvalue weighted by Crippen LogP contribution is -2.24. The van der Waals surface area contributed by atoms with Gasteiger partial charge in [-0.3, -0.25) is 4.79 Å². The molecule has 0 unspecified atom stereocenters. The summed E-state index contributed by atoms with van der Waals surface area (Å²) in [6.45, 7) is 4.58. The maximum absolute atomic E-state index is 11.0. The Labute approximate surface area is 102 Å². The predicted octanol–water partition coefficient (Wildman–Crippen LogP) is 2.70. The van der Waals surface area contributed by atoms with Crippen molar-refractivity contribution in [1.29, 1.82) is 0 Å². The lowest BCUT2D eigenvalue weighted by molar-refractivity contribution is -0.147. The van der Waals surface area contributed by atoms with Crippen LogP contribution in [0.25, 0.3) is 0 Å². The van der Waals surface area contributed by atoms with Crippen LogP contribution in [0.4, 0.5) is 5.69 Å². The Morgan fingerprint density at radius 2 is 2.24 bits per heavy atom. The summed E-state index contributed by atoms with van der Waals surface area (Å²) in [5, 5.41) is 12.4. The van der Waals surface area contributed by atoms with E-state index in [9.17, 15) is 4.79 Å². The van der Waals surface area contributed by atoms with Crippen molar-refractivity contribution in [3.63, 3.8) is 0 Å².